The Morgan fingerprint density at radius 3 is 3.05 bits per heavy atom. The fraction of sp³-hybridized carbons (Fsp3) is 0.333. The van der Waals surface area contributed by atoms with Crippen LogP contribution in [0.2, 0.25) is 0 Å². The van der Waals surface area contributed by atoms with Crippen molar-refractivity contribution in [2.75, 3.05) is 13.7 Å². The highest BCUT2D eigenvalue weighted by Gasteiger charge is 2.20. The van der Waals surface area contributed by atoms with Crippen LogP contribution in [0.4, 0.5) is 0 Å². The maximum absolute atomic E-state index is 6.28. The predicted molar refractivity (Wildman–Crippen MR) is 82.6 cm³/mol. The Balaban J connectivity index is 1.86. The second-order valence-corrected chi connectivity index (χ2v) is 5.86. The third kappa shape index (κ3) is 3.01. The lowest BCUT2D eigenvalue weighted by Crippen LogP contribution is -2.15. The molecule has 0 amide bonds. The largest absolute Gasteiger partial charge is 0.493 e. The Kier molecular flexibility index (Phi) is 4.07. The molecule has 0 saturated heterocycles. The van der Waals surface area contributed by atoms with Gasteiger partial charge in [-0.05, 0) is 29.7 Å². The van der Waals surface area contributed by atoms with E-state index in [1.54, 1.807) is 13.2 Å². The third-order valence-electron chi connectivity index (χ3n) is 3.52. The van der Waals surface area contributed by atoms with Crippen LogP contribution in [0, 0.1) is 0 Å². The van der Waals surface area contributed by atoms with Crippen LogP contribution in [0.25, 0.3) is 0 Å². The van der Waals surface area contributed by atoms with E-state index >= 15 is 0 Å². The molecule has 0 fully saturated rings. The van der Waals surface area contributed by atoms with Crippen molar-refractivity contribution in [3.63, 3.8) is 0 Å². The van der Waals surface area contributed by atoms with Crippen LogP contribution >= 0.6 is 15.9 Å². The van der Waals surface area contributed by atoms with Gasteiger partial charge >= 0.3 is 0 Å². The topological polar surface area (TPSA) is 70.3 Å². The second kappa shape index (κ2) is 5.99. The number of methoxy groups -OCH3 is 1. The van der Waals surface area contributed by atoms with E-state index in [2.05, 4.69) is 38.0 Å². The Labute approximate surface area is 131 Å². The van der Waals surface area contributed by atoms with E-state index in [-0.39, 0.29) is 6.04 Å². The van der Waals surface area contributed by atoms with Gasteiger partial charge in [0.25, 0.3) is 0 Å². The first-order valence-electron chi connectivity index (χ1n) is 6.73. The minimum atomic E-state index is -0.232. The van der Waals surface area contributed by atoms with Crippen molar-refractivity contribution in [2.45, 2.75) is 18.9 Å². The number of nitrogens with two attached hydrogens (primary N) is 1. The summed E-state index contributed by atoms with van der Waals surface area (Å²) < 4.78 is 11.9. The molecule has 1 aliphatic heterocycles. The first-order valence-corrected chi connectivity index (χ1v) is 7.52. The van der Waals surface area contributed by atoms with Gasteiger partial charge in [-0.2, -0.15) is 0 Å². The number of aromatic nitrogens is 2. The van der Waals surface area contributed by atoms with Gasteiger partial charge in [0.1, 0.15) is 12.1 Å². The molecule has 2 heterocycles. The van der Waals surface area contributed by atoms with Crippen molar-refractivity contribution >= 4 is 15.9 Å². The number of nitrogens with zero attached hydrogens (tertiary/aromatic N) is 2. The highest BCUT2D eigenvalue weighted by atomic mass is 79.9. The molecule has 1 aromatic carbocycles. The van der Waals surface area contributed by atoms with E-state index in [9.17, 15) is 0 Å². The summed E-state index contributed by atoms with van der Waals surface area (Å²) in [5.41, 5.74) is 9.36. The van der Waals surface area contributed by atoms with Gasteiger partial charge in [0.05, 0.1) is 25.5 Å². The molecule has 0 radical (unpaired) electrons. The van der Waals surface area contributed by atoms with Crippen molar-refractivity contribution in [1.29, 1.82) is 0 Å². The summed E-state index contributed by atoms with van der Waals surface area (Å²) in [5, 5.41) is 0. The number of rotatable bonds is 4. The van der Waals surface area contributed by atoms with E-state index in [1.807, 2.05) is 0 Å². The zero-order valence-corrected chi connectivity index (χ0v) is 13.3. The molecule has 1 aliphatic rings. The molecule has 21 heavy (non-hydrogen) atoms. The maximum atomic E-state index is 6.28. The Hall–Kier alpha value is -1.66. The average Bonchev–Trinajstić information content (AvgIpc) is 2.95. The summed E-state index contributed by atoms with van der Waals surface area (Å²) in [5.74, 6) is 1.49. The summed E-state index contributed by atoms with van der Waals surface area (Å²) in [6, 6.07) is 5.70. The third-order valence-corrected chi connectivity index (χ3v) is 3.98. The minimum Gasteiger partial charge on any atom is -0.493 e. The normalized spacial score (nSPS) is 14.4. The lowest BCUT2D eigenvalue weighted by atomic mass is 10.0. The molecule has 3 rings (SSSR count). The fourth-order valence-electron chi connectivity index (χ4n) is 2.51. The number of halogens is 1. The predicted octanol–water partition coefficient (Wildman–Crippen LogP) is 2.43. The molecular formula is C15H16BrN3O2. The summed E-state index contributed by atoms with van der Waals surface area (Å²) in [6.07, 6.45) is 3.07. The molecule has 1 atom stereocenters. The van der Waals surface area contributed by atoms with Crippen LogP contribution in [0.5, 0.6) is 11.6 Å². The standard InChI is InChI=1S/C15H16BrN3O2/c1-20-14-7-13(18-8-19-14)12(17)6-10-5-11(16)4-9-2-3-21-15(9)10/h4-5,7-8,12H,2-3,6,17H2,1H3. The molecule has 1 aromatic heterocycles. The monoisotopic (exact) mass is 349 g/mol. The number of hydrogen-bond acceptors (Lipinski definition) is 5. The SMILES string of the molecule is COc1cc(C(N)Cc2cc(Br)cc3c2OCC3)ncn1. The molecular weight excluding hydrogens is 334 g/mol. The quantitative estimate of drug-likeness (QED) is 0.917. The lowest BCUT2D eigenvalue weighted by Gasteiger charge is -2.14. The van der Waals surface area contributed by atoms with Crippen molar-refractivity contribution < 1.29 is 9.47 Å². The van der Waals surface area contributed by atoms with Gasteiger partial charge < -0.3 is 15.2 Å². The second-order valence-electron chi connectivity index (χ2n) is 4.95. The molecule has 0 spiro atoms. The Bertz CT molecular complexity index is 663. The van der Waals surface area contributed by atoms with Crippen molar-refractivity contribution in [3.8, 4) is 11.6 Å². The lowest BCUT2D eigenvalue weighted by molar-refractivity contribution is 0.352. The fourth-order valence-corrected chi connectivity index (χ4v) is 3.06. The first kappa shape index (κ1) is 14.3. The van der Waals surface area contributed by atoms with Gasteiger partial charge in [0.15, 0.2) is 0 Å². The number of benzene rings is 1. The van der Waals surface area contributed by atoms with Gasteiger partial charge in [-0.25, -0.2) is 9.97 Å². The van der Waals surface area contributed by atoms with Crippen LogP contribution in [-0.2, 0) is 12.8 Å². The molecule has 0 saturated carbocycles. The highest BCUT2D eigenvalue weighted by molar-refractivity contribution is 9.10. The Morgan fingerprint density at radius 1 is 1.38 bits per heavy atom. The zero-order valence-electron chi connectivity index (χ0n) is 11.7. The van der Waals surface area contributed by atoms with E-state index in [1.165, 1.54) is 11.9 Å². The summed E-state index contributed by atoms with van der Waals surface area (Å²) in [7, 11) is 1.58. The zero-order chi connectivity index (χ0) is 14.8. The molecule has 1 unspecified atom stereocenters. The average molecular weight is 350 g/mol. The van der Waals surface area contributed by atoms with Crippen molar-refractivity contribution in [2.24, 2.45) is 5.73 Å². The smallest absolute Gasteiger partial charge is 0.216 e. The summed E-state index contributed by atoms with van der Waals surface area (Å²) >= 11 is 3.54. The van der Waals surface area contributed by atoms with E-state index in [0.29, 0.717) is 12.3 Å². The van der Waals surface area contributed by atoms with Gasteiger partial charge in [-0.15, -0.1) is 0 Å². The van der Waals surface area contributed by atoms with Crippen LogP contribution < -0.4 is 15.2 Å². The molecule has 0 aliphatic carbocycles. The summed E-state index contributed by atoms with van der Waals surface area (Å²) in [6.45, 7) is 0.732. The molecule has 2 N–H and O–H groups in total. The molecule has 5 nitrogen and oxygen atoms in total. The molecule has 2 aromatic rings. The van der Waals surface area contributed by atoms with Crippen LogP contribution in [0.15, 0.2) is 29.0 Å². The molecule has 0 bridgehead atoms. The Morgan fingerprint density at radius 2 is 2.24 bits per heavy atom. The highest BCUT2D eigenvalue weighted by Crippen LogP contribution is 2.34. The van der Waals surface area contributed by atoms with Gasteiger partial charge in [0, 0.05) is 17.0 Å². The number of fused-ring (bicyclic) bond motifs is 1. The first-order chi connectivity index (χ1) is 10.2. The van der Waals surface area contributed by atoms with E-state index in [4.69, 9.17) is 15.2 Å². The van der Waals surface area contributed by atoms with Crippen molar-refractivity contribution in [3.05, 3.63) is 45.8 Å². The van der Waals surface area contributed by atoms with Crippen molar-refractivity contribution in [1.82, 2.24) is 9.97 Å². The number of ether oxygens (including phenoxy) is 2. The molecule has 6 heteroatoms. The van der Waals surface area contributed by atoms with Crippen LogP contribution in [0.3, 0.4) is 0 Å². The molecule has 110 valence electrons. The maximum Gasteiger partial charge on any atom is 0.216 e. The van der Waals surface area contributed by atoms with E-state index in [0.717, 1.165) is 34.5 Å². The van der Waals surface area contributed by atoms with Crippen LogP contribution in [-0.4, -0.2) is 23.7 Å². The van der Waals surface area contributed by atoms with Gasteiger partial charge in [0.2, 0.25) is 5.88 Å². The summed E-state index contributed by atoms with van der Waals surface area (Å²) in [4.78, 5) is 8.23. The number of hydrogen-bond donors (Lipinski definition) is 1. The van der Waals surface area contributed by atoms with Gasteiger partial charge in [-0.1, -0.05) is 15.9 Å². The minimum absolute atomic E-state index is 0.232. The van der Waals surface area contributed by atoms with Gasteiger partial charge in [-0.3, -0.25) is 0 Å². The van der Waals surface area contributed by atoms with E-state index < -0.39 is 0 Å². The van der Waals surface area contributed by atoms with Crippen LogP contribution in [0.1, 0.15) is 22.9 Å².